The molecule has 1 aliphatic carbocycles. The average Bonchev–Trinajstić information content (AvgIpc) is 3.16. The molecule has 0 N–H and O–H groups in total. The Bertz CT molecular complexity index is 704. The van der Waals surface area contributed by atoms with Gasteiger partial charge >= 0.3 is 0 Å². The van der Waals surface area contributed by atoms with E-state index in [-0.39, 0.29) is 11.8 Å². The zero-order valence-electron chi connectivity index (χ0n) is 16.5. The second-order valence-corrected chi connectivity index (χ2v) is 8.11. The Kier molecular flexibility index (Phi) is 5.48. The Morgan fingerprint density at radius 1 is 1.00 bits per heavy atom. The normalized spacial score (nSPS) is 21.4. The summed E-state index contributed by atoms with van der Waals surface area (Å²) in [5.41, 5.74) is 2.88. The zero-order valence-corrected chi connectivity index (χ0v) is 16.5. The smallest absolute Gasteiger partial charge is 0.253 e. The van der Waals surface area contributed by atoms with Crippen molar-refractivity contribution in [1.82, 2.24) is 9.80 Å². The van der Waals surface area contributed by atoms with Gasteiger partial charge in [0.2, 0.25) is 5.91 Å². The fourth-order valence-corrected chi connectivity index (χ4v) is 4.90. The van der Waals surface area contributed by atoms with Gasteiger partial charge in [0.05, 0.1) is 0 Å². The molecule has 0 bridgehead atoms. The second kappa shape index (κ2) is 8.01. The fraction of sp³-hybridized carbons (Fsp3) is 0.636. The topological polar surface area (TPSA) is 43.9 Å². The van der Waals surface area contributed by atoms with Gasteiger partial charge < -0.3 is 9.80 Å². The van der Waals surface area contributed by atoms with Crippen LogP contribution in [0.3, 0.4) is 0 Å². The molecule has 1 saturated carbocycles. The van der Waals surface area contributed by atoms with Gasteiger partial charge in [0, 0.05) is 56.4 Å². The monoisotopic (exact) mass is 369 g/mol. The highest BCUT2D eigenvalue weighted by atomic mass is 16.2. The maximum atomic E-state index is 13.0. The third kappa shape index (κ3) is 3.75. The van der Waals surface area contributed by atoms with Crippen molar-refractivity contribution in [2.75, 3.05) is 37.6 Å². The third-order valence-electron chi connectivity index (χ3n) is 6.52. The summed E-state index contributed by atoms with van der Waals surface area (Å²) in [4.78, 5) is 31.5. The molecule has 3 aliphatic rings. The van der Waals surface area contributed by atoms with Gasteiger partial charge in [-0.1, -0.05) is 26.2 Å². The molecule has 0 spiro atoms. The summed E-state index contributed by atoms with van der Waals surface area (Å²) >= 11 is 0. The van der Waals surface area contributed by atoms with Crippen LogP contribution in [-0.2, 0) is 11.2 Å². The molecule has 0 aromatic heterocycles. The first-order chi connectivity index (χ1) is 13.2. The van der Waals surface area contributed by atoms with Gasteiger partial charge in [0.15, 0.2) is 0 Å². The highest BCUT2D eigenvalue weighted by Crippen LogP contribution is 2.30. The van der Waals surface area contributed by atoms with E-state index < -0.39 is 0 Å². The van der Waals surface area contributed by atoms with Crippen LogP contribution in [0.25, 0.3) is 0 Å². The Labute approximate surface area is 162 Å². The van der Waals surface area contributed by atoms with Crippen molar-refractivity contribution in [2.24, 2.45) is 0 Å². The van der Waals surface area contributed by atoms with Crippen molar-refractivity contribution >= 4 is 17.5 Å². The van der Waals surface area contributed by atoms with Crippen molar-refractivity contribution in [2.45, 2.75) is 57.9 Å². The van der Waals surface area contributed by atoms with E-state index in [0.29, 0.717) is 6.42 Å². The summed E-state index contributed by atoms with van der Waals surface area (Å²) in [5, 5.41) is 0. The van der Waals surface area contributed by atoms with E-state index in [1.807, 2.05) is 34.9 Å². The Hall–Kier alpha value is -1.88. The molecule has 27 heavy (non-hydrogen) atoms. The fourth-order valence-electron chi connectivity index (χ4n) is 4.90. The highest BCUT2D eigenvalue weighted by Gasteiger charge is 2.29. The van der Waals surface area contributed by atoms with Crippen LogP contribution in [0.2, 0.25) is 0 Å². The first-order valence-electron chi connectivity index (χ1n) is 10.6. The number of benzene rings is 1. The lowest BCUT2D eigenvalue weighted by Gasteiger charge is -2.40. The summed E-state index contributed by atoms with van der Waals surface area (Å²) in [6, 6.07) is 6.60. The van der Waals surface area contributed by atoms with Crippen LogP contribution >= 0.6 is 0 Å². The van der Waals surface area contributed by atoms with Gasteiger partial charge in [0.1, 0.15) is 0 Å². The minimum atomic E-state index is 0.140. The molecular formula is C22H31N3O2. The van der Waals surface area contributed by atoms with Gasteiger partial charge in [-0.15, -0.1) is 0 Å². The van der Waals surface area contributed by atoms with Gasteiger partial charge in [0.25, 0.3) is 5.91 Å². The van der Waals surface area contributed by atoms with Gasteiger partial charge in [-0.2, -0.15) is 0 Å². The van der Waals surface area contributed by atoms with Crippen molar-refractivity contribution < 1.29 is 9.59 Å². The zero-order chi connectivity index (χ0) is 18.8. The molecule has 0 unspecified atom stereocenters. The van der Waals surface area contributed by atoms with Gasteiger partial charge in [-0.05, 0) is 43.0 Å². The standard InChI is InChI=1S/C22H31N3O2/c1-2-21(26)25-11-10-17-16-18(8-9-20(17)25)22(27)24-14-12-23(13-15-24)19-6-4-3-5-7-19/h8-9,16,19H,2-7,10-15H2,1H3. The molecule has 5 heteroatoms. The summed E-state index contributed by atoms with van der Waals surface area (Å²) in [6.07, 6.45) is 8.11. The third-order valence-corrected chi connectivity index (χ3v) is 6.52. The number of nitrogens with zero attached hydrogens (tertiary/aromatic N) is 3. The molecule has 0 atom stereocenters. The lowest BCUT2D eigenvalue weighted by Crippen LogP contribution is -2.52. The molecule has 146 valence electrons. The quantitative estimate of drug-likeness (QED) is 0.822. The van der Waals surface area contributed by atoms with Crippen LogP contribution in [0.5, 0.6) is 0 Å². The van der Waals surface area contributed by atoms with Crippen LogP contribution in [0.15, 0.2) is 18.2 Å². The van der Waals surface area contributed by atoms with Crippen LogP contribution in [0, 0.1) is 0 Å². The first-order valence-corrected chi connectivity index (χ1v) is 10.6. The van der Waals surface area contributed by atoms with Gasteiger partial charge in [-0.3, -0.25) is 14.5 Å². The van der Waals surface area contributed by atoms with Crippen molar-refractivity contribution in [3.63, 3.8) is 0 Å². The van der Waals surface area contributed by atoms with Gasteiger partial charge in [-0.25, -0.2) is 0 Å². The molecule has 1 aromatic rings. The number of carbonyl (C=O) groups excluding carboxylic acids is 2. The van der Waals surface area contributed by atoms with Crippen molar-refractivity contribution in [3.05, 3.63) is 29.3 Å². The minimum Gasteiger partial charge on any atom is -0.336 e. The number of rotatable bonds is 3. The lowest BCUT2D eigenvalue weighted by atomic mass is 9.94. The molecule has 2 aliphatic heterocycles. The number of anilines is 1. The summed E-state index contributed by atoms with van der Waals surface area (Å²) in [5.74, 6) is 0.299. The number of hydrogen-bond acceptors (Lipinski definition) is 3. The van der Waals surface area contributed by atoms with E-state index in [0.717, 1.165) is 62.0 Å². The van der Waals surface area contributed by atoms with Crippen LogP contribution < -0.4 is 4.90 Å². The van der Waals surface area contributed by atoms with E-state index in [9.17, 15) is 9.59 Å². The number of piperazine rings is 1. The molecule has 4 rings (SSSR count). The molecule has 5 nitrogen and oxygen atoms in total. The molecule has 1 saturated heterocycles. The van der Waals surface area contributed by atoms with E-state index in [2.05, 4.69) is 4.90 Å². The Morgan fingerprint density at radius 3 is 2.44 bits per heavy atom. The molecule has 0 radical (unpaired) electrons. The minimum absolute atomic E-state index is 0.140. The second-order valence-electron chi connectivity index (χ2n) is 8.11. The largest absolute Gasteiger partial charge is 0.336 e. The van der Waals surface area contributed by atoms with Crippen molar-refractivity contribution in [1.29, 1.82) is 0 Å². The van der Waals surface area contributed by atoms with E-state index in [4.69, 9.17) is 0 Å². The Balaban J connectivity index is 1.38. The lowest BCUT2D eigenvalue weighted by molar-refractivity contribution is -0.118. The van der Waals surface area contributed by atoms with Crippen molar-refractivity contribution in [3.8, 4) is 0 Å². The van der Waals surface area contributed by atoms with Crippen LogP contribution in [0.4, 0.5) is 5.69 Å². The molecule has 2 fully saturated rings. The summed E-state index contributed by atoms with van der Waals surface area (Å²) < 4.78 is 0. The van der Waals surface area contributed by atoms with E-state index in [1.165, 1.54) is 32.1 Å². The number of hydrogen-bond donors (Lipinski definition) is 0. The molecule has 2 amide bonds. The van der Waals surface area contributed by atoms with Crippen LogP contribution in [-0.4, -0.2) is 60.4 Å². The summed E-state index contributed by atoms with van der Waals surface area (Å²) in [6.45, 7) is 6.28. The molecule has 2 heterocycles. The first kappa shape index (κ1) is 18.5. The average molecular weight is 370 g/mol. The maximum absolute atomic E-state index is 13.0. The number of amides is 2. The number of fused-ring (bicyclic) bond motifs is 1. The number of carbonyl (C=O) groups is 2. The van der Waals surface area contributed by atoms with E-state index >= 15 is 0 Å². The SMILES string of the molecule is CCC(=O)N1CCc2cc(C(=O)N3CCN(C4CCCCC4)CC3)ccc21. The summed E-state index contributed by atoms with van der Waals surface area (Å²) in [7, 11) is 0. The molecule has 1 aromatic carbocycles. The molecular weight excluding hydrogens is 338 g/mol. The predicted molar refractivity (Wildman–Crippen MR) is 107 cm³/mol. The highest BCUT2D eigenvalue weighted by molar-refractivity contribution is 5.98. The Morgan fingerprint density at radius 2 is 1.74 bits per heavy atom. The predicted octanol–water partition coefficient (Wildman–Crippen LogP) is 3.08. The van der Waals surface area contributed by atoms with E-state index in [1.54, 1.807) is 0 Å². The van der Waals surface area contributed by atoms with Crippen LogP contribution in [0.1, 0.15) is 61.4 Å². The maximum Gasteiger partial charge on any atom is 0.253 e.